The molecule has 0 fully saturated rings. The van der Waals surface area contributed by atoms with Crippen LogP contribution in [0.2, 0.25) is 0 Å². The topological polar surface area (TPSA) is 51.8 Å². The van der Waals surface area contributed by atoms with Gasteiger partial charge in [-0.1, -0.05) is 107 Å². The summed E-state index contributed by atoms with van der Waals surface area (Å²) >= 11 is 0. The Labute approximate surface area is 355 Å². The number of benzene rings is 7. The maximum atomic E-state index is 6.42. The van der Waals surface area contributed by atoms with Crippen LogP contribution >= 0.6 is 0 Å². The van der Waals surface area contributed by atoms with Crippen LogP contribution in [0.1, 0.15) is 0 Å². The molecular formula is C45H39B10N3O. The van der Waals surface area contributed by atoms with Crippen LogP contribution in [-0.2, 0) is 0 Å². The highest BCUT2D eigenvalue weighted by atomic mass is 16.3. The van der Waals surface area contributed by atoms with Gasteiger partial charge >= 0.3 is 0 Å². The lowest BCUT2D eigenvalue weighted by Crippen LogP contribution is -2.55. The van der Waals surface area contributed by atoms with Gasteiger partial charge in [0.25, 0.3) is 0 Å². The molecule has 0 radical (unpaired) electrons. The van der Waals surface area contributed by atoms with Gasteiger partial charge in [0, 0.05) is 27.5 Å². The summed E-state index contributed by atoms with van der Waals surface area (Å²) in [4.78, 5) is 15.9. The van der Waals surface area contributed by atoms with Crippen molar-refractivity contribution in [1.29, 1.82) is 0 Å². The summed E-state index contributed by atoms with van der Waals surface area (Å²) in [6, 6.07) is 40.9. The molecule has 14 heteroatoms. The number of furan rings is 1. The summed E-state index contributed by atoms with van der Waals surface area (Å²) in [6.07, 6.45) is 0. The Morgan fingerprint density at radius 2 is 0.593 bits per heavy atom. The van der Waals surface area contributed by atoms with E-state index >= 15 is 0 Å². The molecule has 9 aromatic rings. The van der Waals surface area contributed by atoms with E-state index in [1.807, 2.05) is 0 Å². The fourth-order valence-electron chi connectivity index (χ4n) is 8.84. The third kappa shape index (κ3) is 6.63. The van der Waals surface area contributed by atoms with Crippen molar-refractivity contribution in [2.75, 3.05) is 0 Å². The third-order valence-corrected chi connectivity index (χ3v) is 13.4. The summed E-state index contributed by atoms with van der Waals surface area (Å²) in [5.74, 6) is 2.06. The van der Waals surface area contributed by atoms with E-state index < -0.39 is 0 Å². The van der Waals surface area contributed by atoms with Gasteiger partial charge in [-0.25, -0.2) is 15.0 Å². The van der Waals surface area contributed by atoms with Gasteiger partial charge in [-0.05, 0) is 63.7 Å². The largest absolute Gasteiger partial charge is 0.456 e. The van der Waals surface area contributed by atoms with Crippen molar-refractivity contribution in [1.82, 2.24) is 15.0 Å². The van der Waals surface area contributed by atoms with E-state index in [1.54, 1.807) is 0 Å². The van der Waals surface area contributed by atoms with Crippen LogP contribution in [0, 0.1) is 0 Å². The molecule has 0 unspecified atom stereocenters. The minimum absolute atomic E-state index is 0.647. The first-order valence-corrected chi connectivity index (χ1v) is 20.5. The lowest BCUT2D eigenvalue weighted by Gasteiger charge is -2.22. The predicted octanol–water partition coefficient (Wildman–Crippen LogP) is -5.64. The predicted molar refractivity (Wildman–Crippen MR) is 282 cm³/mol. The Balaban J connectivity index is 1.14. The highest BCUT2D eigenvalue weighted by Gasteiger charge is 2.22. The molecule has 0 amide bonds. The standard InChI is InChI=1S/C45H39B10N3O/c46-33-31(34(47)38(51)41(54)37(33)50)44-56-43(57-45(58-44)32-35(48)39(52)42(55)40(53)36(32)49)26-15-17-30-28(19-26)27-18-25(14-16-29(27)59-30)24-12-10-23(11-13-24)22-8-6-21(7-9-22)20-4-2-1-3-5-20/h1-19H,46-55H2. The van der Waals surface area contributed by atoms with Crippen LogP contribution < -0.4 is 54.6 Å². The second-order valence-electron chi connectivity index (χ2n) is 16.4. The van der Waals surface area contributed by atoms with Crippen molar-refractivity contribution >= 4 is 155 Å². The lowest BCUT2D eigenvalue weighted by molar-refractivity contribution is 0.669. The molecule has 0 atom stereocenters. The number of rotatable bonds is 6. The zero-order chi connectivity index (χ0) is 41.3. The molecule has 59 heavy (non-hydrogen) atoms. The molecule has 4 nitrogen and oxygen atoms in total. The molecule has 2 aromatic heterocycles. The number of aromatic nitrogens is 3. The fraction of sp³-hybridized carbons (Fsp3) is 0. The van der Waals surface area contributed by atoms with E-state index in [2.05, 4.69) is 194 Å². The Kier molecular flexibility index (Phi) is 9.78. The Morgan fingerprint density at radius 3 is 1.02 bits per heavy atom. The monoisotopic (exact) mass is 747 g/mol. The number of fused-ring (bicyclic) bond motifs is 3. The van der Waals surface area contributed by atoms with Gasteiger partial charge < -0.3 is 4.42 Å². The second-order valence-corrected chi connectivity index (χ2v) is 16.4. The average Bonchev–Trinajstić information content (AvgIpc) is 3.64. The summed E-state index contributed by atoms with van der Waals surface area (Å²) in [5, 5.41) is 2.09. The molecule has 0 saturated carbocycles. The smallest absolute Gasteiger partial charge is 0.164 e. The van der Waals surface area contributed by atoms with Crippen LogP contribution in [0.5, 0.6) is 0 Å². The van der Waals surface area contributed by atoms with Crippen LogP contribution in [-0.4, -0.2) is 93.4 Å². The Bertz CT molecular complexity index is 3010. The second kappa shape index (κ2) is 15.0. The van der Waals surface area contributed by atoms with Crippen LogP contribution in [0.25, 0.3) is 89.5 Å². The molecule has 0 bridgehead atoms. The zero-order valence-electron chi connectivity index (χ0n) is 35.7. The highest BCUT2D eigenvalue weighted by Crippen LogP contribution is 2.36. The van der Waals surface area contributed by atoms with Gasteiger partial charge in [0.05, 0.1) is 0 Å². The van der Waals surface area contributed by atoms with Crippen LogP contribution in [0.15, 0.2) is 120 Å². The minimum atomic E-state index is 0.647. The molecular weight excluding hydrogens is 707 g/mol. The SMILES string of the molecule is Bc1c(B)c(B)c(-c2nc(-c3ccc4oc5ccc(-c6ccc(-c7ccc(-c8ccccc8)cc7)cc6)cc5c4c3)nc(-c3c(B)c(B)c(B)c(B)c3B)n2)c(B)c1B. The van der Waals surface area contributed by atoms with E-state index in [9.17, 15) is 0 Å². The van der Waals surface area contributed by atoms with Crippen molar-refractivity contribution in [3.05, 3.63) is 115 Å². The molecule has 0 spiro atoms. The Morgan fingerprint density at radius 1 is 0.288 bits per heavy atom. The van der Waals surface area contributed by atoms with E-state index in [0.29, 0.717) is 17.5 Å². The molecule has 2 heterocycles. The van der Waals surface area contributed by atoms with Crippen molar-refractivity contribution < 1.29 is 4.42 Å². The molecule has 0 N–H and O–H groups in total. The minimum Gasteiger partial charge on any atom is -0.456 e. The lowest BCUT2D eigenvalue weighted by atomic mass is 9.60. The number of nitrogens with zero attached hydrogens (tertiary/aromatic N) is 3. The van der Waals surface area contributed by atoms with Gasteiger partial charge in [0.1, 0.15) is 89.6 Å². The first kappa shape index (κ1) is 38.5. The number of hydrogen-bond donors (Lipinski definition) is 0. The van der Waals surface area contributed by atoms with Crippen LogP contribution in [0.3, 0.4) is 0 Å². The average molecular weight is 746 g/mol. The normalized spacial score (nSPS) is 11.4. The van der Waals surface area contributed by atoms with Crippen LogP contribution in [0.4, 0.5) is 0 Å². The van der Waals surface area contributed by atoms with Crippen molar-refractivity contribution in [2.24, 2.45) is 0 Å². The fourth-order valence-corrected chi connectivity index (χ4v) is 8.84. The quantitative estimate of drug-likeness (QED) is 0.160. The van der Waals surface area contributed by atoms with Gasteiger partial charge in [-0.3, -0.25) is 0 Å². The maximum Gasteiger partial charge on any atom is 0.164 e. The van der Waals surface area contributed by atoms with E-state index in [0.717, 1.165) is 49.8 Å². The zero-order valence-corrected chi connectivity index (χ0v) is 35.7. The third-order valence-electron chi connectivity index (χ3n) is 13.4. The molecule has 0 aliphatic heterocycles. The van der Waals surface area contributed by atoms with Crippen molar-refractivity contribution in [3.8, 4) is 67.5 Å². The van der Waals surface area contributed by atoms with E-state index in [1.165, 1.54) is 76.9 Å². The summed E-state index contributed by atoms with van der Waals surface area (Å²) in [7, 11) is 22.0. The van der Waals surface area contributed by atoms with Crippen molar-refractivity contribution in [2.45, 2.75) is 0 Å². The van der Waals surface area contributed by atoms with E-state index in [4.69, 9.17) is 19.4 Å². The van der Waals surface area contributed by atoms with Crippen molar-refractivity contribution in [3.63, 3.8) is 0 Å². The maximum absolute atomic E-state index is 6.42. The molecule has 0 aliphatic carbocycles. The first-order valence-electron chi connectivity index (χ1n) is 20.5. The molecule has 270 valence electrons. The molecule has 0 saturated heterocycles. The highest BCUT2D eigenvalue weighted by molar-refractivity contribution is 6.69. The molecule has 9 rings (SSSR count). The first-order chi connectivity index (χ1) is 28.4. The van der Waals surface area contributed by atoms with Gasteiger partial charge in [-0.2, -0.15) is 0 Å². The van der Waals surface area contributed by atoms with Gasteiger partial charge in [0.2, 0.25) is 0 Å². The summed E-state index contributed by atoms with van der Waals surface area (Å²) in [6.45, 7) is 0. The molecule has 0 aliphatic rings. The van der Waals surface area contributed by atoms with Gasteiger partial charge in [0.15, 0.2) is 17.5 Å². The Hall–Kier alpha value is -6.00. The number of hydrogen-bond acceptors (Lipinski definition) is 4. The van der Waals surface area contributed by atoms with E-state index in [-0.39, 0.29) is 0 Å². The summed E-state index contributed by atoms with van der Waals surface area (Å²) < 4.78 is 6.42. The molecule has 7 aromatic carbocycles. The van der Waals surface area contributed by atoms with Gasteiger partial charge in [-0.15, -0.1) is 32.8 Å². The summed E-state index contributed by atoms with van der Waals surface area (Å²) in [5.41, 5.74) is 24.4.